The molecule has 4 rings (SSSR count). The van der Waals surface area contributed by atoms with Crippen molar-refractivity contribution in [1.29, 1.82) is 0 Å². The van der Waals surface area contributed by atoms with Crippen molar-refractivity contribution in [3.05, 3.63) is 59.2 Å². The number of hydrogen-bond acceptors (Lipinski definition) is 8. The number of fused-ring (bicyclic) bond motifs is 1. The molecule has 0 spiro atoms. The number of ether oxygens (including phenoxy) is 2. The van der Waals surface area contributed by atoms with Gasteiger partial charge in [-0.25, -0.2) is 5.43 Å². The number of rotatable bonds is 5. The number of methoxy groups -OCH3 is 1. The molecule has 2 unspecified atom stereocenters. The van der Waals surface area contributed by atoms with Gasteiger partial charge in [0.25, 0.3) is 0 Å². The minimum absolute atomic E-state index is 0.0385. The maximum atomic E-state index is 12.6. The zero-order chi connectivity index (χ0) is 22.1. The second-order valence-electron chi connectivity index (χ2n) is 7.39. The summed E-state index contributed by atoms with van der Waals surface area (Å²) in [5.74, 6) is -0.234. The Kier molecular flexibility index (Phi) is 5.56. The van der Waals surface area contributed by atoms with Crippen molar-refractivity contribution in [2.75, 3.05) is 20.3 Å². The number of aromatic hydroxyl groups is 2. The lowest BCUT2D eigenvalue weighted by Crippen LogP contribution is -2.41. The van der Waals surface area contributed by atoms with Crippen LogP contribution in [0.15, 0.2) is 53.0 Å². The highest BCUT2D eigenvalue weighted by molar-refractivity contribution is 6.17. The zero-order valence-electron chi connectivity index (χ0n) is 17.6. The quantitative estimate of drug-likeness (QED) is 0.635. The van der Waals surface area contributed by atoms with Crippen LogP contribution in [0, 0.1) is 5.92 Å². The molecular formula is C23H25N3O5. The molecule has 31 heavy (non-hydrogen) atoms. The molecular weight excluding hydrogens is 398 g/mol. The molecule has 0 amide bonds. The smallest absolute Gasteiger partial charge is 0.314 e. The number of carbonyl (C=O) groups is 1. The Labute approximate surface area is 180 Å². The summed E-state index contributed by atoms with van der Waals surface area (Å²) in [4.78, 5) is 17.5. The monoisotopic (exact) mass is 423 g/mol. The fraction of sp³-hybridized carbons (Fsp3) is 0.304. The van der Waals surface area contributed by atoms with Gasteiger partial charge < -0.3 is 19.7 Å². The number of hydrazine groups is 1. The summed E-state index contributed by atoms with van der Waals surface area (Å²) in [6.07, 6.45) is -0.499. The van der Waals surface area contributed by atoms with Gasteiger partial charge in [-0.15, -0.1) is 0 Å². The van der Waals surface area contributed by atoms with Crippen LogP contribution in [0.1, 0.15) is 25.0 Å². The van der Waals surface area contributed by atoms with E-state index in [0.717, 1.165) is 22.4 Å². The fourth-order valence-electron chi connectivity index (χ4n) is 4.00. The molecule has 0 aliphatic carbocycles. The Morgan fingerprint density at radius 2 is 1.90 bits per heavy atom. The average molecular weight is 423 g/mol. The first-order valence-electron chi connectivity index (χ1n) is 10.1. The molecule has 1 saturated heterocycles. The Bertz CT molecular complexity index is 1060. The highest BCUT2D eigenvalue weighted by atomic mass is 16.5. The van der Waals surface area contributed by atoms with Gasteiger partial charge in [0, 0.05) is 17.7 Å². The van der Waals surface area contributed by atoms with Crippen LogP contribution in [-0.2, 0) is 9.53 Å². The summed E-state index contributed by atoms with van der Waals surface area (Å²) < 4.78 is 10.5. The van der Waals surface area contributed by atoms with Crippen molar-refractivity contribution in [1.82, 2.24) is 10.4 Å². The number of nitrogens with zero attached hydrogens (tertiary/aromatic N) is 2. The van der Waals surface area contributed by atoms with Crippen molar-refractivity contribution >= 4 is 17.4 Å². The first-order valence-corrected chi connectivity index (χ1v) is 10.1. The summed E-state index contributed by atoms with van der Waals surface area (Å²) in [7, 11) is 1.49. The summed E-state index contributed by atoms with van der Waals surface area (Å²) in [5.41, 5.74) is 7.35. The number of allylic oxidation sites excluding steroid dienone is 1. The van der Waals surface area contributed by atoms with Gasteiger partial charge in [-0.3, -0.25) is 14.8 Å². The number of aliphatic imine (C=N–C) groups is 1. The van der Waals surface area contributed by atoms with Crippen molar-refractivity contribution in [2.45, 2.75) is 20.0 Å². The standard InChI is InChI=1S/C23H25N3O5/c1-4-31-23(29)17-12-24-26-21(14-5-8-16(27)9-6-14)13(2)20(25-22(17)26)15-7-10-18(28)19(11-15)30-3/h5-11,17,22,24,27-28H,4,12H2,1-3H3. The predicted octanol–water partition coefficient (Wildman–Crippen LogP) is 2.67. The maximum Gasteiger partial charge on any atom is 0.314 e. The van der Waals surface area contributed by atoms with Gasteiger partial charge in [-0.05, 0) is 61.9 Å². The Morgan fingerprint density at radius 1 is 1.19 bits per heavy atom. The van der Waals surface area contributed by atoms with E-state index in [1.165, 1.54) is 7.11 Å². The number of esters is 1. The number of phenols is 2. The lowest BCUT2D eigenvalue weighted by molar-refractivity contribution is -0.148. The number of nitrogens with one attached hydrogen (secondary N) is 1. The van der Waals surface area contributed by atoms with Gasteiger partial charge in [-0.2, -0.15) is 0 Å². The molecule has 0 radical (unpaired) electrons. The van der Waals surface area contributed by atoms with Crippen LogP contribution in [0.5, 0.6) is 17.2 Å². The Morgan fingerprint density at radius 3 is 2.58 bits per heavy atom. The summed E-state index contributed by atoms with van der Waals surface area (Å²) in [5, 5.41) is 21.6. The predicted molar refractivity (Wildman–Crippen MR) is 116 cm³/mol. The summed E-state index contributed by atoms with van der Waals surface area (Å²) in [6.45, 7) is 4.43. The highest BCUT2D eigenvalue weighted by Crippen LogP contribution is 2.38. The third kappa shape index (κ3) is 3.70. The molecule has 3 N–H and O–H groups in total. The van der Waals surface area contributed by atoms with Crippen LogP contribution in [0.25, 0.3) is 5.70 Å². The van der Waals surface area contributed by atoms with Gasteiger partial charge >= 0.3 is 5.97 Å². The van der Waals surface area contributed by atoms with Crippen LogP contribution in [0.4, 0.5) is 0 Å². The van der Waals surface area contributed by atoms with Crippen LogP contribution < -0.4 is 10.2 Å². The lowest BCUT2D eigenvalue weighted by atomic mass is 9.94. The van der Waals surface area contributed by atoms with Crippen molar-refractivity contribution < 1.29 is 24.5 Å². The minimum Gasteiger partial charge on any atom is -0.508 e. The Hall–Kier alpha value is -3.52. The molecule has 2 aliphatic heterocycles. The largest absolute Gasteiger partial charge is 0.508 e. The van der Waals surface area contributed by atoms with E-state index in [-0.39, 0.29) is 17.5 Å². The fourth-order valence-corrected chi connectivity index (χ4v) is 4.00. The van der Waals surface area contributed by atoms with E-state index in [4.69, 9.17) is 14.5 Å². The van der Waals surface area contributed by atoms with E-state index in [0.29, 0.717) is 24.6 Å². The maximum absolute atomic E-state index is 12.6. The van der Waals surface area contributed by atoms with Gasteiger partial charge in [0.15, 0.2) is 17.7 Å². The molecule has 2 atom stereocenters. The van der Waals surface area contributed by atoms with Crippen LogP contribution >= 0.6 is 0 Å². The molecule has 2 aromatic carbocycles. The lowest BCUT2D eigenvalue weighted by Gasteiger charge is -2.34. The van der Waals surface area contributed by atoms with Crippen molar-refractivity contribution in [2.24, 2.45) is 10.9 Å². The van der Waals surface area contributed by atoms with Crippen LogP contribution in [0.2, 0.25) is 0 Å². The molecule has 0 bridgehead atoms. The molecule has 8 heteroatoms. The van der Waals surface area contributed by atoms with E-state index >= 15 is 0 Å². The zero-order valence-corrected chi connectivity index (χ0v) is 17.6. The Balaban J connectivity index is 1.86. The summed E-state index contributed by atoms with van der Waals surface area (Å²) >= 11 is 0. The number of benzene rings is 2. The van der Waals surface area contributed by atoms with Crippen LogP contribution in [-0.4, -0.2) is 53.3 Å². The molecule has 2 aromatic rings. The molecule has 2 aliphatic rings. The molecule has 162 valence electrons. The van der Waals surface area contributed by atoms with Gasteiger partial charge in [0.05, 0.1) is 25.1 Å². The third-order valence-electron chi connectivity index (χ3n) is 5.50. The van der Waals surface area contributed by atoms with Crippen LogP contribution in [0.3, 0.4) is 0 Å². The average Bonchev–Trinajstić information content (AvgIpc) is 3.18. The minimum atomic E-state index is -0.499. The second-order valence-corrected chi connectivity index (χ2v) is 7.39. The third-order valence-corrected chi connectivity index (χ3v) is 5.50. The molecule has 0 saturated carbocycles. The number of phenolic OH excluding ortho intramolecular Hbond substituents is 2. The number of hydrogen-bond donors (Lipinski definition) is 3. The van der Waals surface area contributed by atoms with Crippen molar-refractivity contribution in [3.63, 3.8) is 0 Å². The van der Waals surface area contributed by atoms with E-state index < -0.39 is 12.1 Å². The second kappa shape index (κ2) is 8.31. The molecule has 1 fully saturated rings. The van der Waals surface area contributed by atoms with E-state index in [1.807, 2.05) is 24.1 Å². The first kappa shape index (κ1) is 20.7. The molecule has 2 heterocycles. The highest BCUT2D eigenvalue weighted by Gasteiger charge is 2.44. The normalized spacial score (nSPS) is 20.4. The SMILES string of the molecule is CCOC(=O)C1CNN2C(c3ccc(O)cc3)=C(C)C(c3ccc(O)c(OC)c3)=NC12. The van der Waals surface area contributed by atoms with Gasteiger partial charge in [-0.1, -0.05) is 0 Å². The molecule has 8 nitrogen and oxygen atoms in total. The van der Waals surface area contributed by atoms with E-state index in [1.54, 1.807) is 37.3 Å². The summed E-state index contributed by atoms with van der Waals surface area (Å²) in [6, 6.07) is 12.0. The first-order chi connectivity index (χ1) is 14.9. The topological polar surface area (TPSA) is 104 Å². The van der Waals surface area contributed by atoms with Gasteiger partial charge in [0.1, 0.15) is 11.7 Å². The number of carbonyl (C=O) groups excluding carboxylic acids is 1. The van der Waals surface area contributed by atoms with Crippen molar-refractivity contribution in [3.8, 4) is 17.2 Å². The molecule has 0 aromatic heterocycles. The van der Waals surface area contributed by atoms with E-state index in [9.17, 15) is 15.0 Å². The van der Waals surface area contributed by atoms with Gasteiger partial charge in [0.2, 0.25) is 0 Å². The van der Waals surface area contributed by atoms with E-state index in [2.05, 4.69) is 5.43 Å².